The number of carboxylic acids is 1. The topological polar surface area (TPSA) is 180 Å². The van der Waals surface area contributed by atoms with Gasteiger partial charge in [0, 0.05) is 31.9 Å². The smallest absolute Gasteiger partial charge is 0.353 e. The number of aromatic amines is 1. The molecule has 172 valence electrons. The molecule has 12 heteroatoms. The quantitative estimate of drug-likeness (QED) is 0.281. The van der Waals surface area contributed by atoms with Gasteiger partial charge in [-0.2, -0.15) is 0 Å². The zero-order valence-corrected chi connectivity index (χ0v) is 17.6. The Morgan fingerprint density at radius 3 is 2.68 bits per heavy atom. The number of hydrogen-bond donors (Lipinski definition) is 4. The van der Waals surface area contributed by atoms with Crippen LogP contribution in [-0.2, 0) is 19.5 Å². The molecule has 0 saturated carbocycles. The van der Waals surface area contributed by atoms with Crippen LogP contribution in [0.25, 0.3) is 5.65 Å². The van der Waals surface area contributed by atoms with Gasteiger partial charge in [-0.1, -0.05) is 18.2 Å². The largest absolute Gasteiger partial charge is 0.477 e. The molecule has 5 N–H and O–H groups in total. The highest BCUT2D eigenvalue weighted by atomic mass is 16.4. The first-order valence-electron chi connectivity index (χ1n) is 10.3. The summed E-state index contributed by atoms with van der Waals surface area (Å²) < 4.78 is 0.872. The summed E-state index contributed by atoms with van der Waals surface area (Å²) in [6.45, 7) is 1.12. The van der Waals surface area contributed by atoms with Crippen LogP contribution < -0.4 is 32.5 Å². The Kier molecular flexibility index (Phi) is 4.78. The molecule has 0 unspecified atom stereocenters. The summed E-state index contributed by atoms with van der Waals surface area (Å²) in [7, 11) is 0. The van der Waals surface area contributed by atoms with Crippen LogP contribution in [-0.4, -0.2) is 37.9 Å². The third-order valence-corrected chi connectivity index (χ3v) is 5.93. The van der Waals surface area contributed by atoms with Gasteiger partial charge in [-0.05, 0) is 23.1 Å². The second-order valence-electron chi connectivity index (χ2n) is 8.00. The van der Waals surface area contributed by atoms with Gasteiger partial charge in [-0.3, -0.25) is 14.4 Å². The van der Waals surface area contributed by atoms with E-state index in [1.54, 1.807) is 4.90 Å². The fourth-order valence-electron chi connectivity index (χ4n) is 4.19. The van der Waals surface area contributed by atoms with E-state index in [-0.39, 0.29) is 35.0 Å². The maximum absolute atomic E-state index is 12.7. The lowest BCUT2D eigenvalue weighted by Gasteiger charge is -2.32. The molecule has 12 nitrogen and oxygen atoms in total. The minimum absolute atomic E-state index is 0.00764. The fourth-order valence-corrected chi connectivity index (χ4v) is 4.19. The predicted octanol–water partition coefficient (Wildman–Crippen LogP) is -0.608. The molecule has 4 aromatic rings. The van der Waals surface area contributed by atoms with E-state index < -0.39 is 28.4 Å². The van der Waals surface area contributed by atoms with Crippen LogP contribution in [0.1, 0.15) is 37.7 Å². The number of amides is 1. The number of benzene rings is 1. The number of imidazole rings is 1. The molecule has 0 aliphatic carbocycles. The number of aromatic nitrogens is 3. The number of nitrogens with zero attached hydrogens (tertiary/aromatic N) is 3. The van der Waals surface area contributed by atoms with Crippen molar-refractivity contribution in [3.05, 3.63) is 89.5 Å². The summed E-state index contributed by atoms with van der Waals surface area (Å²) >= 11 is 0. The summed E-state index contributed by atoms with van der Waals surface area (Å²) in [5.74, 6) is -1.97. The molecule has 0 spiro atoms. The summed E-state index contributed by atoms with van der Waals surface area (Å²) in [6.07, 6.45) is 1.90. The SMILES string of the molecule is Nc1c(N2CCc3ccc(CNC(=O)c4cc(C(=O)O)n5c(=O)[nH]cc5n4)cc3C2)c(=O)c1=O. The highest BCUT2D eigenvalue weighted by molar-refractivity contribution is 5.96. The fraction of sp³-hybridized carbons (Fsp3) is 0.182. The lowest BCUT2D eigenvalue weighted by molar-refractivity contribution is 0.0688. The van der Waals surface area contributed by atoms with Gasteiger partial charge >= 0.3 is 11.7 Å². The van der Waals surface area contributed by atoms with Crippen molar-refractivity contribution in [2.24, 2.45) is 0 Å². The molecule has 34 heavy (non-hydrogen) atoms. The number of nitrogens with one attached hydrogen (secondary N) is 2. The number of carbonyl (C=O) groups is 2. The number of fused-ring (bicyclic) bond motifs is 2. The first kappa shape index (κ1) is 21.1. The van der Waals surface area contributed by atoms with Crippen molar-refractivity contribution in [3.63, 3.8) is 0 Å². The minimum Gasteiger partial charge on any atom is -0.477 e. The lowest BCUT2D eigenvalue weighted by atomic mass is 9.96. The summed E-state index contributed by atoms with van der Waals surface area (Å²) in [5.41, 5.74) is 6.38. The number of rotatable bonds is 5. The van der Waals surface area contributed by atoms with E-state index in [9.17, 15) is 29.1 Å². The normalized spacial score (nSPS) is 13.2. The Labute approximate surface area is 190 Å². The second-order valence-corrected chi connectivity index (χ2v) is 8.00. The van der Waals surface area contributed by atoms with Crippen molar-refractivity contribution in [2.45, 2.75) is 19.5 Å². The molecule has 0 bridgehead atoms. The van der Waals surface area contributed by atoms with Gasteiger partial charge in [0.15, 0.2) is 5.65 Å². The lowest BCUT2D eigenvalue weighted by Crippen LogP contribution is -2.44. The molecule has 1 aliphatic heterocycles. The molecule has 3 heterocycles. The Hall–Kier alpha value is -4.74. The third-order valence-electron chi connectivity index (χ3n) is 5.93. The van der Waals surface area contributed by atoms with Crippen LogP contribution >= 0.6 is 0 Å². The van der Waals surface area contributed by atoms with Gasteiger partial charge in [-0.25, -0.2) is 19.0 Å². The second kappa shape index (κ2) is 7.69. The summed E-state index contributed by atoms with van der Waals surface area (Å²) in [6, 6.07) is 6.75. The van der Waals surface area contributed by atoms with Crippen molar-refractivity contribution in [1.29, 1.82) is 0 Å². The van der Waals surface area contributed by atoms with Gasteiger partial charge in [0.05, 0.1) is 0 Å². The molecular weight excluding hydrogens is 444 g/mol. The van der Waals surface area contributed by atoms with E-state index in [4.69, 9.17) is 5.73 Å². The van der Waals surface area contributed by atoms with Crippen LogP contribution in [0.3, 0.4) is 0 Å². The molecule has 2 aromatic carbocycles. The summed E-state index contributed by atoms with van der Waals surface area (Å²) in [4.78, 5) is 67.5. The molecule has 1 amide bonds. The van der Waals surface area contributed by atoms with Gasteiger partial charge in [0.1, 0.15) is 22.8 Å². The van der Waals surface area contributed by atoms with Crippen molar-refractivity contribution in [2.75, 3.05) is 17.2 Å². The Morgan fingerprint density at radius 2 is 1.94 bits per heavy atom. The zero-order chi connectivity index (χ0) is 24.1. The zero-order valence-electron chi connectivity index (χ0n) is 17.6. The summed E-state index contributed by atoms with van der Waals surface area (Å²) in [5, 5.41) is 12.1. The molecule has 1 aliphatic rings. The molecule has 0 atom stereocenters. The van der Waals surface area contributed by atoms with E-state index in [0.29, 0.717) is 19.5 Å². The van der Waals surface area contributed by atoms with Crippen LogP contribution in [0.4, 0.5) is 11.4 Å². The van der Waals surface area contributed by atoms with Gasteiger partial charge in [0.2, 0.25) is 0 Å². The Morgan fingerprint density at radius 1 is 1.15 bits per heavy atom. The van der Waals surface area contributed by atoms with E-state index in [1.807, 2.05) is 18.2 Å². The van der Waals surface area contributed by atoms with Crippen LogP contribution in [0, 0.1) is 0 Å². The molecule has 0 radical (unpaired) electrons. The minimum atomic E-state index is -1.37. The molecule has 5 rings (SSSR count). The van der Waals surface area contributed by atoms with E-state index in [2.05, 4.69) is 15.3 Å². The maximum atomic E-state index is 12.7. The van der Waals surface area contributed by atoms with Crippen molar-refractivity contribution in [3.8, 4) is 0 Å². The van der Waals surface area contributed by atoms with E-state index in [0.717, 1.165) is 27.2 Å². The van der Waals surface area contributed by atoms with Crippen LogP contribution in [0.15, 0.2) is 44.8 Å². The number of carboxylic acid groups (broad SMARTS) is 1. The molecule has 0 saturated heterocycles. The Balaban J connectivity index is 1.34. The molecule has 2 aromatic heterocycles. The number of carbonyl (C=O) groups excluding carboxylic acids is 1. The number of aromatic carboxylic acids is 1. The van der Waals surface area contributed by atoms with Crippen LogP contribution in [0.5, 0.6) is 0 Å². The van der Waals surface area contributed by atoms with Gasteiger partial charge < -0.3 is 26.0 Å². The van der Waals surface area contributed by atoms with Crippen molar-refractivity contribution in [1.82, 2.24) is 19.7 Å². The average molecular weight is 462 g/mol. The molecule has 0 fully saturated rings. The monoisotopic (exact) mass is 462 g/mol. The van der Waals surface area contributed by atoms with Gasteiger partial charge in [0.25, 0.3) is 16.8 Å². The van der Waals surface area contributed by atoms with E-state index >= 15 is 0 Å². The molecular formula is C22H18N6O6. The number of nitrogens with two attached hydrogens (primary N) is 1. The first-order valence-corrected chi connectivity index (χ1v) is 10.3. The van der Waals surface area contributed by atoms with Gasteiger partial charge in [-0.15, -0.1) is 0 Å². The van der Waals surface area contributed by atoms with E-state index in [1.165, 1.54) is 6.20 Å². The first-order chi connectivity index (χ1) is 16.2. The number of nitrogen functional groups attached to an aromatic ring is 1. The Bertz CT molecular complexity index is 1620. The highest BCUT2D eigenvalue weighted by Gasteiger charge is 2.27. The van der Waals surface area contributed by atoms with Crippen LogP contribution in [0.2, 0.25) is 0 Å². The third kappa shape index (κ3) is 3.32. The predicted molar refractivity (Wildman–Crippen MR) is 121 cm³/mol. The number of hydrogen-bond acceptors (Lipinski definition) is 8. The highest BCUT2D eigenvalue weighted by Crippen LogP contribution is 2.26. The van der Waals surface area contributed by atoms with Crippen molar-refractivity contribution < 1.29 is 14.7 Å². The standard InChI is InChI=1S/C22H18N6O6/c23-16-17(19(30)18(16)29)27-4-3-11-2-1-10(5-12(11)9-27)7-24-20(31)13-6-14(21(32)33)28-15(26-13)8-25-22(28)34/h1-2,5-6,8H,3-4,7,9,23H2,(H,24,31)(H,25,34)(H,32,33). The number of H-pyrrole nitrogens is 1. The average Bonchev–Trinajstić information content (AvgIpc) is 3.22. The van der Waals surface area contributed by atoms with Crippen molar-refractivity contribution >= 4 is 28.9 Å². The number of anilines is 2. The maximum Gasteiger partial charge on any atom is 0.353 e.